The van der Waals surface area contributed by atoms with E-state index >= 15 is 0 Å². The van der Waals surface area contributed by atoms with E-state index in [2.05, 4.69) is 19.2 Å². The second kappa shape index (κ2) is 3.26. The van der Waals surface area contributed by atoms with Crippen molar-refractivity contribution in [3.05, 3.63) is 29.3 Å². The molecule has 1 atom stereocenters. The van der Waals surface area contributed by atoms with Crippen molar-refractivity contribution in [2.75, 3.05) is 11.9 Å². The maximum absolute atomic E-state index is 11.0. The highest BCUT2D eigenvalue weighted by Gasteiger charge is 2.34. The number of anilines is 1. The Morgan fingerprint density at radius 3 is 2.93 bits per heavy atom. The highest BCUT2D eigenvalue weighted by Crippen LogP contribution is 2.40. The summed E-state index contributed by atoms with van der Waals surface area (Å²) in [6, 6.07) is 5.49. The van der Waals surface area contributed by atoms with Gasteiger partial charge in [-0.2, -0.15) is 0 Å². The standard InChI is InChI=1S/C12H15NO2/c1-3-12(2)7-13-10-8(11(14)15)5-4-6-9(10)12/h4-6,13H,3,7H2,1-2H3,(H,14,15)/t12-/m0/s1. The molecule has 3 heteroatoms. The minimum absolute atomic E-state index is 0.0702. The Kier molecular flexibility index (Phi) is 2.18. The van der Waals surface area contributed by atoms with Crippen molar-refractivity contribution in [2.24, 2.45) is 0 Å². The molecular formula is C12H15NO2. The predicted octanol–water partition coefficient (Wildman–Crippen LogP) is 2.48. The van der Waals surface area contributed by atoms with Crippen LogP contribution in [0.15, 0.2) is 18.2 Å². The van der Waals surface area contributed by atoms with E-state index in [1.807, 2.05) is 12.1 Å². The maximum atomic E-state index is 11.0. The zero-order valence-corrected chi connectivity index (χ0v) is 9.00. The van der Waals surface area contributed by atoms with Crippen LogP contribution in [0, 0.1) is 0 Å². The molecule has 2 N–H and O–H groups in total. The number of carboxylic acids is 1. The minimum Gasteiger partial charge on any atom is -0.478 e. The first kappa shape index (κ1) is 10.0. The second-order valence-electron chi connectivity index (χ2n) is 4.30. The number of para-hydroxylation sites is 1. The molecule has 1 aromatic carbocycles. The molecule has 0 saturated heterocycles. The first-order valence-corrected chi connectivity index (χ1v) is 5.19. The van der Waals surface area contributed by atoms with Crippen molar-refractivity contribution in [1.29, 1.82) is 0 Å². The highest BCUT2D eigenvalue weighted by molar-refractivity contribution is 5.96. The molecule has 3 nitrogen and oxygen atoms in total. The summed E-state index contributed by atoms with van der Waals surface area (Å²) in [4.78, 5) is 11.0. The molecule has 0 aliphatic carbocycles. The molecule has 0 aromatic heterocycles. The molecule has 1 aromatic rings. The largest absolute Gasteiger partial charge is 0.478 e. The average Bonchev–Trinajstić information content (AvgIpc) is 2.57. The van der Waals surface area contributed by atoms with Gasteiger partial charge in [0.05, 0.1) is 11.3 Å². The predicted molar refractivity (Wildman–Crippen MR) is 59.5 cm³/mol. The Bertz CT molecular complexity index is 414. The fourth-order valence-corrected chi connectivity index (χ4v) is 2.12. The van der Waals surface area contributed by atoms with Gasteiger partial charge < -0.3 is 10.4 Å². The molecule has 0 radical (unpaired) electrons. The van der Waals surface area contributed by atoms with Crippen LogP contribution in [0.1, 0.15) is 36.2 Å². The van der Waals surface area contributed by atoms with Gasteiger partial charge in [-0.05, 0) is 18.1 Å². The van der Waals surface area contributed by atoms with E-state index in [1.54, 1.807) is 6.07 Å². The topological polar surface area (TPSA) is 49.3 Å². The Hall–Kier alpha value is -1.51. The lowest BCUT2D eigenvalue weighted by Crippen LogP contribution is -2.22. The summed E-state index contributed by atoms with van der Waals surface area (Å²) in [7, 11) is 0. The molecule has 2 rings (SSSR count). The van der Waals surface area contributed by atoms with Gasteiger partial charge in [0.2, 0.25) is 0 Å². The molecule has 80 valence electrons. The number of rotatable bonds is 2. The maximum Gasteiger partial charge on any atom is 0.337 e. The van der Waals surface area contributed by atoms with Crippen molar-refractivity contribution < 1.29 is 9.90 Å². The highest BCUT2D eigenvalue weighted by atomic mass is 16.4. The van der Waals surface area contributed by atoms with Crippen molar-refractivity contribution in [3.8, 4) is 0 Å². The van der Waals surface area contributed by atoms with Gasteiger partial charge in [0.25, 0.3) is 0 Å². The van der Waals surface area contributed by atoms with Crippen molar-refractivity contribution in [2.45, 2.75) is 25.7 Å². The van der Waals surface area contributed by atoms with Crippen LogP contribution in [-0.2, 0) is 5.41 Å². The Balaban J connectivity index is 2.57. The van der Waals surface area contributed by atoms with Crippen molar-refractivity contribution in [3.63, 3.8) is 0 Å². The first-order chi connectivity index (χ1) is 7.08. The lowest BCUT2D eigenvalue weighted by molar-refractivity contribution is 0.0698. The van der Waals surface area contributed by atoms with Crippen LogP contribution >= 0.6 is 0 Å². The van der Waals surface area contributed by atoms with Crippen LogP contribution in [0.2, 0.25) is 0 Å². The van der Waals surface area contributed by atoms with Gasteiger partial charge in [0, 0.05) is 12.0 Å². The smallest absolute Gasteiger partial charge is 0.337 e. The molecule has 0 spiro atoms. The number of fused-ring (bicyclic) bond motifs is 1. The van der Waals surface area contributed by atoms with Crippen LogP contribution in [0.25, 0.3) is 0 Å². The summed E-state index contributed by atoms with van der Waals surface area (Å²) >= 11 is 0. The van der Waals surface area contributed by atoms with Crippen LogP contribution in [-0.4, -0.2) is 17.6 Å². The number of hydrogen-bond donors (Lipinski definition) is 2. The van der Waals surface area contributed by atoms with Gasteiger partial charge in [-0.1, -0.05) is 26.0 Å². The molecular weight excluding hydrogens is 190 g/mol. The molecule has 0 bridgehead atoms. The molecule has 0 fully saturated rings. The summed E-state index contributed by atoms with van der Waals surface area (Å²) in [6.07, 6.45) is 1.01. The molecule has 1 heterocycles. The Morgan fingerprint density at radius 1 is 1.60 bits per heavy atom. The molecule has 1 aliphatic rings. The van der Waals surface area contributed by atoms with Gasteiger partial charge in [0.1, 0.15) is 0 Å². The second-order valence-corrected chi connectivity index (χ2v) is 4.30. The number of carbonyl (C=O) groups is 1. The van der Waals surface area contributed by atoms with Gasteiger partial charge in [0.15, 0.2) is 0 Å². The Labute approximate surface area is 89.1 Å². The molecule has 15 heavy (non-hydrogen) atoms. The summed E-state index contributed by atoms with van der Waals surface area (Å²) < 4.78 is 0. The number of benzene rings is 1. The van der Waals surface area contributed by atoms with E-state index in [0.717, 1.165) is 24.2 Å². The molecule has 1 aliphatic heterocycles. The van der Waals surface area contributed by atoms with Crippen molar-refractivity contribution in [1.82, 2.24) is 0 Å². The summed E-state index contributed by atoms with van der Waals surface area (Å²) in [6.45, 7) is 5.12. The van der Waals surface area contributed by atoms with Gasteiger partial charge in [-0.3, -0.25) is 0 Å². The quantitative estimate of drug-likeness (QED) is 0.779. The minimum atomic E-state index is -0.861. The molecule has 0 unspecified atom stereocenters. The monoisotopic (exact) mass is 205 g/mol. The third-order valence-corrected chi connectivity index (χ3v) is 3.38. The van der Waals surface area contributed by atoms with E-state index in [0.29, 0.717) is 5.56 Å². The van der Waals surface area contributed by atoms with E-state index in [4.69, 9.17) is 5.11 Å². The van der Waals surface area contributed by atoms with E-state index in [-0.39, 0.29) is 5.41 Å². The number of hydrogen-bond acceptors (Lipinski definition) is 2. The average molecular weight is 205 g/mol. The fraction of sp³-hybridized carbons (Fsp3) is 0.417. The number of aromatic carboxylic acids is 1. The van der Waals surface area contributed by atoms with E-state index in [1.165, 1.54) is 0 Å². The zero-order valence-electron chi connectivity index (χ0n) is 9.00. The SMILES string of the molecule is CC[C@@]1(C)CNc2c(C(=O)O)cccc21. The molecule has 0 saturated carbocycles. The normalized spacial score (nSPS) is 23.3. The van der Waals surface area contributed by atoms with Gasteiger partial charge in [-0.25, -0.2) is 4.79 Å². The van der Waals surface area contributed by atoms with Crippen LogP contribution in [0.3, 0.4) is 0 Å². The fourth-order valence-electron chi connectivity index (χ4n) is 2.12. The third-order valence-electron chi connectivity index (χ3n) is 3.38. The first-order valence-electron chi connectivity index (χ1n) is 5.19. The zero-order chi connectivity index (χ0) is 11.1. The lowest BCUT2D eigenvalue weighted by Gasteiger charge is -2.21. The van der Waals surface area contributed by atoms with Crippen LogP contribution < -0.4 is 5.32 Å². The summed E-state index contributed by atoms with van der Waals surface area (Å²) in [5, 5.41) is 12.3. The van der Waals surface area contributed by atoms with Gasteiger partial charge >= 0.3 is 5.97 Å². The number of carboxylic acid groups (broad SMARTS) is 1. The summed E-state index contributed by atoms with van der Waals surface area (Å²) in [5.41, 5.74) is 2.38. The van der Waals surface area contributed by atoms with E-state index < -0.39 is 5.97 Å². The van der Waals surface area contributed by atoms with Gasteiger partial charge in [-0.15, -0.1) is 0 Å². The van der Waals surface area contributed by atoms with Crippen LogP contribution in [0.4, 0.5) is 5.69 Å². The van der Waals surface area contributed by atoms with E-state index in [9.17, 15) is 4.79 Å². The van der Waals surface area contributed by atoms with Crippen LogP contribution in [0.5, 0.6) is 0 Å². The van der Waals surface area contributed by atoms with Crippen molar-refractivity contribution >= 4 is 11.7 Å². The Morgan fingerprint density at radius 2 is 2.33 bits per heavy atom. The molecule has 0 amide bonds. The lowest BCUT2D eigenvalue weighted by atomic mass is 9.81. The third kappa shape index (κ3) is 1.39. The summed E-state index contributed by atoms with van der Waals surface area (Å²) in [5.74, 6) is -0.861. The number of nitrogens with one attached hydrogen (secondary N) is 1.